The van der Waals surface area contributed by atoms with Crippen molar-refractivity contribution < 1.29 is 13.2 Å². The first kappa shape index (κ1) is 12.5. The Kier molecular flexibility index (Phi) is 10.8. The second-order valence-corrected chi connectivity index (χ2v) is 23.2. The van der Waals surface area contributed by atoms with Crippen molar-refractivity contribution in [2.45, 2.75) is 26.2 Å². The van der Waals surface area contributed by atoms with Gasteiger partial charge in [0.1, 0.15) is 0 Å². The van der Waals surface area contributed by atoms with E-state index in [0.717, 1.165) is 0 Å². The van der Waals surface area contributed by atoms with Crippen molar-refractivity contribution in [3.05, 3.63) is 0 Å². The van der Waals surface area contributed by atoms with Crippen molar-refractivity contribution in [3.8, 4) is 0 Å². The molecule has 0 bridgehead atoms. The molecule has 0 nitrogen and oxygen atoms in total. The Bertz CT molecular complexity index is 37.8. The SMILES string of the molecule is C[Si](C)(C)C.[Br][Zn][Br]. The predicted octanol–water partition coefficient (Wildman–Crippen LogP) is 3.64. The van der Waals surface area contributed by atoms with Gasteiger partial charge in [0.25, 0.3) is 0 Å². The molecule has 0 radical (unpaired) electrons. The first-order valence-electron chi connectivity index (χ1n) is 2.53. The molecule has 0 saturated heterocycles. The molecule has 0 heterocycles. The Morgan fingerprint density at radius 1 is 1.00 bits per heavy atom. The summed E-state index contributed by atoms with van der Waals surface area (Å²) in [6.07, 6.45) is 0. The summed E-state index contributed by atoms with van der Waals surface area (Å²) in [6, 6.07) is 0. The number of halogens is 2. The van der Waals surface area contributed by atoms with Gasteiger partial charge in [-0.2, -0.15) is 0 Å². The van der Waals surface area contributed by atoms with Crippen LogP contribution in [-0.2, 0) is 13.2 Å². The van der Waals surface area contributed by atoms with Crippen molar-refractivity contribution >= 4 is 35.3 Å². The van der Waals surface area contributed by atoms with Gasteiger partial charge >= 0.3 is 40.5 Å². The van der Waals surface area contributed by atoms with E-state index in [1.807, 2.05) is 0 Å². The summed E-state index contributed by atoms with van der Waals surface area (Å²) in [5.41, 5.74) is 0. The minimum atomic E-state index is -0.611. The molecular formula is C4H12Br2SiZn. The van der Waals surface area contributed by atoms with Gasteiger partial charge in [0.15, 0.2) is 0 Å². The average molecular weight is 313 g/mol. The van der Waals surface area contributed by atoms with E-state index in [4.69, 9.17) is 0 Å². The van der Waals surface area contributed by atoms with E-state index in [1.165, 1.54) is 0 Å². The minimum absolute atomic E-state index is 0.250. The van der Waals surface area contributed by atoms with Crippen molar-refractivity contribution in [2.24, 2.45) is 0 Å². The number of hydrogen-bond donors (Lipinski definition) is 0. The molecule has 0 aromatic heterocycles. The molecule has 0 aliphatic rings. The van der Waals surface area contributed by atoms with Gasteiger partial charge in [-0.25, -0.2) is 0 Å². The normalized spacial score (nSPS) is 8.75. The molecule has 0 aromatic rings. The molecule has 0 spiro atoms. The van der Waals surface area contributed by atoms with Crippen LogP contribution < -0.4 is 0 Å². The first-order chi connectivity index (χ1) is 3.41. The average Bonchev–Trinajstić information content (AvgIpc) is 1.27. The molecule has 0 fully saturated rings. The maximum atomic E-state index is 3.25. The summed E-state index contributed by atoms with van der Waals surface area (Å²) in [4.78, 5) is 0. The van der Waals surface area contributed by atoms with E-state index in [-0.39, 0.29) is 13.2 Å². The number of hydrogen-bond acceptors (Lipinski definition) is 0. The van der Waals surface area contributed by atoms with Crippen molar-refractivity contribution in [2.75, 3.05) is 0 Å². The molecule has 48 valence electrons. The van der Waals surface area contributed by atoms with Crippen LogP contribution in [0.2, 0.25) is 26.2 Å². The molecule has 4 heteroatoms. The molecule has 0 aliphatic carbocycles. The van der Waals surface area contributed by atoms with Gasteiger partial charge < -0.3 is 0 Å². The molecule has 0 unspecified atom stereocenters. The predicted molar refractivity (Wildman–Crippen MR) is 47.1 cm³/mol. The van der Waals surface area contributed by atoms with E-state index in [9.17, 15) is 0 Å². The third kappa shape index (κ3) is 111. The fraction of sp³-hybridized carbons (Fsp3) is 1.00. The van der Waals surface area contributed by atoms with Gasteiger partial charge in [-0.3, -0.25) is 0 Å². The standard InChI is InChI=1S/C4H12Si.2BrH.Zn/c1-5(2,3)4;;;/h1-4H3;2*1H;/q;;;+2/p-2. The van der Waals surface area contributed by atoms with Crippen molar-refractivity contribution in [3.63, 3.8) is 0 Å². The number of rotatable bonds is 0. The fourth-order valence-corrected chi connectivity index (χ4v) is 0. The summed E-state index contributed by atoms with van der Waals surface area (Å²) in [5.74, 6) is 0. The van der Waals surface area contributed by atoms with Crippen LogP contribution in [0, 0.1) is 0 Å². The molecule has 0 rings (SSSR count). The summed E-state index contributed by atoms with van der Waals surface area (Å²) in [6.45, 7) is 9.31. The van der Waals surface area contributed by atoms with E-state index < -0.39 is 8.07 Å². The van der Waals surface area contributed by atoms with Gasteiger partial charge in [0.05, 0.1) is 0 Å². The zero-order chi connectivity index (χ0) is 7.21. The third-order valence-electron chi connectivity index (χ3n) is 0. The molecule has 0 N–H and O–H groups in total. The van der Waals surface area contributed by atoms with E-state index in [0.29, 0.717) is 0 Å². The Balaban J connectivity index is 0. The second kappa shape index (κ2) is 6.91. The van der Waals surface area contributed by atoms with Crippen molar-refractivity contribution in [1.82, 2.24) is 0 Å². The Morgan fingerprint density at radius 3 is 1.00 bits per heavy atom. The van der Waals surface area contributed by atoms with Crippen LogP contribution in [-0.4, -0.2) is 8.07 Å². The molecule has 0 saturated carbocycles. The van der Waals surface area contributed by atoms with Crippen LogP contribution >= 0.6 is 27.2 Å². The third-order valence-corrected chi connectivity index (χ3v) is 0. The molecule has 8 heavy (non-hydrogen) atoms. The van der Waals surface area contributed by atoms with Crippen LogP contribution in [0.1, 0.15) is 0 Å². The van der Waals surface area contributed by atoms with Gasteiger partial charge in [0.2, 0.25) is 0 Å². The van der Waals surface area contributed by atoms with Crippen molar-refractivity contribution in [1.29, 1.82) is 0 Å². The van der Waals surface area contributed by atoms with Crippen LogP contribution in [0.5, 0.6) is 0 Å². The molecule has 0 aliphatic heterocycles. The summed E-state index contributed by atoms with van der Waals surface area (Å²) in [5, 5.41) is 0. The summed E-state index contributed by atoms with van der Waals surface area (Å²) >= 11 is 6.25. The quantitative estimate of drug-likeness (QED) is 0.599. The summed E-state index contributed by atoms with van der Waals surface area (Å²) < 4.78 is 0. The van der Waals surface area contributed by atoms with Gasteiger partial charge in [-0.15, -0.1) is 0 Å². The molecule has 0 amide bonds. The van der Waals surface area contributed by atoms with E-state index >= 15 is 0 Å². The van der Waals surface area contributed by atoms with E-state index in [2.05, 4.69) is 53.4 Å². The van der Waals surface area contributed by atoms with Gasteiger partial charge in [-0.1, -0.05) is 26.2 Å². The molecular weight excluding hydrogens is 301 g/mol. The van der Waals surface area contributed by atoms with E-state index in [1.54, 1.807) is 0 Å². The Morgan fingerprint density at radius 2 is 1.00 bits per heavy atom. The maximum absolute atomic E-state index is 3.25. The van der Waals surface area contributed by atoms with Gasteiger partial charge in [-0.05, 0) is 0 Å². The Hall–Kier alpha value is 1.80. The zero-order valence-corrected chi connectivity index (χ0v) is 13.1. The van der Waals surface area contributed by atoms with Crippen LogP contribution in [0.25, 0.3) is 0 Å². The topological polar surface area (TPSA) is 0 Å². The van der Waals surface area contributed by atoms with Gasteiger partial charge in [0, 0.05) is 8.07 Å². The monoisotopic (exact) mass is 310 g/mol. The van der Waals surface area contributed by atoms with Crippen LogP contribution in [0.4, 0.5) is 0 Å². The molecule has 0 atom stereocenters. The summed E-state index contributed by atoms with van der Waals surface area (Å²) in [7, 11) is -0.611. The van der Waals surface area contributed by atoms with Crippen LogP contribution in [0.15, 0.2) is 0 Å². The van der Waals surface area contributed by atoms with Crippen LogP contribution in [0.3, 0.4) is 0 Å². The zero-order valence-electron chi connectivity index (χ0n) is 5.96. The fourth-order valence-electron chi connectivity index (χ4n) is 0. The second-order valence-electron chi connectivity index (χ2n) is 3.10. The Labute approximate surface area is 74.1 Å². The first-order valence-corrected chi connectivity index (χ1v) is 20.4. The molecule has 0 aromatic carbocycles.